The molecule has 0 radical (unpaired) electrons. The molecule has 1 heterocycles. The van der Waals surface area contributed by atoms with Crippen molar-refractivity contribution in [3.8, 4) is 11.5 Å². The Labute approximate surface area is 323 Å². The summed E-state index contributed by atoms with van der Waals surface area (Å²) < 4.78 is 43.2. The number of hydrogen-bond acceptors (Lipinski definition) is 9. The fourth-order valence-electron chi connectivity index (χ4n) is 6.95. The molecule has 11 nitrogen and oxygen atoms in total. The van der Waals surface area contributed by atoms with Crippen LogP contribution in [0, 0.1) is 44.4 Å². The van der Waals surface area contributed by atoms with Gasteiger partial charge in [0.15, 0.2) is 0 Å². The molecular formula is C40H68N2O9S2. The van der Waals surface area contributed by atoms with Crippen molar-refractivity contribution in [2.24, 2.45) is 29.4 Å². The topological polar surface area (TPSA) is 182 Å². The van der Waals surface area contributed by atoms with E-state index >= 15 is 0 Å². The molecule has 13 heteroatoms. The first-order valence-electron chi connectivity index (χ1n) is 19.4. The molecule has 1 aromatic carbocycles. The number of nitrogens with one attached hydrogen (secondary N) is 1. The number of carbonyl (C=O) groups is 3. The van der Waals surface area contributed by atoms with Crippen LogP contribution in [0.15, 0.2) is 0 Å². The predicted octanol–water partition coefficient (Wildman–Crippen LogP) is 7.58. The highest BCUT2D eigenvalue weighted by Crippen LogP contribution is 2.45. The van der Waals surface area contributed by atoms with E-state index in [1.165, 1.54) is 44.9 Å². The molecule has 1 aliphatic rings. The van der Waals surface area contributed by atoms with Crippen LogP contribution >= 0.6 is 11.8 Å². The van der Waals surface area contributed by atoms with Crippen molar-refractivity contribution in [3.05, 3.63) is 22.3 Å². The molecule has 0 fully saturated rings. The lowest BCUT2D eigenvalue weighted by Gasteiger charge is -2.38. The molecule has 0 saturated heterocycles. The number of fused-ring (bicyclic) bond motifs is 1. The summed E-state index contributed by atoms with van der Waals surface area (Å²) in [6, 6.07) is -1.28. The van der Waals surface area contributed by atoms with Gasteiger partial charge in [-0.25, -0.2) is 0 Å². The Balaban J connectivity index is 2.13. The molecule has 5 N–H and O–H groups in total. The van der Waals surface area contributed by atoms with Crippen LogP contribution in [-0.4, -0.2) is 70.4 Å². The molecule has 0 spiro atoms. The molecule has 0 aromatic heterocycles. The van der Waals surface area contributed by atoms with Crippen LogP contribution in [0.3, 0.4) is 0 Å². The monoisotopic (exact) mass is 784 g/mol. The van der Waals surface area contributed by atoms with Crippen LogP contribution in [0.1, 0.15) is 135 Å². The molecule has 53 heavy (non-hydrogen) atoms. The second kappa shape index (κ2) is 20.5. The van der Waals surface area contributed by atoms with Gasteiger partial charge in [-0.15, -0.1) is 0 Å². The van der Waals surface area contributed by atoms with Crippen LogP contribution in [0.5, 0.6) is 11.5 Å². The summed E-state index contributed by atoms with van der Waals surface area (Å²) in [4.78, 5) is 38.5. The second-order valence-electron chi connectivity index (χ2n) is 16.7. The molecule has 0 bridgehead atoms. The van der Waals surface area contributed by atoms with Gasteiger partial charge in [0.05, 0.1) is 5.75 Å². The third-order valence-corrected chi connectivity index (χ3v) is 13.2. The zero-order valence-corrected chi connectivity index (χ0v) is 35.6. The lowest BCUT2D eigenvalue weighted by Crippen LogP contribution is -2.48. The van der Waals surface area contributed by atoms with E-state index in [-0.39, 0.29) is 11.4 Å². The number of carboxylic acids is 1. The van der Waals surface area contributed by atoms with Crippen LogP contribution in [-0.2, 0) is 30.9 Å². The number of rotatable bonds is 23. The number of carbonyl (C=O) groups excluding carboxylic acids is 2. The Kier molecular flexibility index (Phi) is 18.1. The molecule has 1 amide bonds. The summed E-state index contributed by atoms with van der Waals surface area (Å²) in [6.45, 7) is 20.0. The Morgan fingerprint density at radius 2 is 1.53 bits per heavy atom. The van der Waals surface area contributed by atoms with Crippen molar-refractivity contribution in [1.82, 2.24) is 5.32 Å². The van der Waals surface area contributed by atoms with E-state index in [1.807, 2.05) is 20.8 Å². The summed E-state index contributed by atoms with van der Waals surface area (Å²) in [6.07, 6.45) is 12.6. The van der Waals surface area contributed by atoms with E-state index in [4.69, 9.17) is 19.8 Å². The number of amides is 1. The van der Waals surface area contributed by atoms with Gasteiger partial charge in [0.2, 0.25) is 5.91 Å². The number of aliphatic carboxylic acids is 1. The third-order valence-electron chi connectivity index (χ3n) is 10.9. The van der Waals surface area contributed by atoms with Gasteiger partial charge in [-0.2, -0.15) is 20.2 Å². The van der Waals surface area contributed by atoms with Gasteiger partial charge in [-0.3, -0.25) is 18.9 Å². The van der Waals surface area contributed by atoms with Gasteiger partial charge in [-0.05, 0) is 102 Å². The van der Waals surface area contributed by atoms with Crippen LogP contribution in [0.4, 0.5) is 0 Å². The molecular weight excluding hydrogens is 717 g/mol. The summed E-state index contributed by atoms with van der Waals surface area (Å²) in [7, 11) is -4.35. The first-order valence-corrected chi connectivity index (χ1v) is 22.0. The fraction of sp³-hybridized carbons (Fsp3) is 0.775. The Hall–Kier alpha value is -2.35. The lowest BCUT2D eigenvalue weighted by atomic mass is 9.83. The summed E-state index contributed by atoms with van der Waals surface area (Å²) in [5.41, 5.74) is 8.82. The van der Waals surface area contributed by atoms with Gasteiger partial charge < -0.3 is 25.6 Å². The number of thioether (sulfide) groups is 1. The van der Waals surface area contributed by atoms with Gasteiger partial charge in [0.1, 0.15) is 29.1 Å². The maximum absolute atomic E-state index is 13.7. The first-order chi connectivity index (χ1) is 24.5. The van der Waals surface area contributed by atoms with Crippen LogP contribution < -0.4 is 20.5 Å². The van der Waals surface area contributed by atoms with E-state index < -0.39 is 57.0 Å². The largest absolute Gasteiger partial charge is 0.487 e. The minimum absolute atomic E-state index is 0.176. The number of ether oxygens (including phenoxy) is 2. The standard InChI is InChI=1S/C40H68N2O9S2/c1-25(2)14-11-15-26(3)16-12-17-27(4)18-13-20-40(10)21-19-31-30(7)33(28(5)29(6)34(31)51-40)50-38(46)32(36(43)42-22-23-53(47,48)49)24-52-39(8,9)35(41)37(44)45/h25-27,32,35H,11-24,41H2,1-10H3,(H,42,43)(H,44,45)(H,47,48,49)/t26?,27?,32?,35-,40?/m1/s1. The number of nitrogens with two attached hydrogens (primary N) is 1. The lowest BCUT2D eigenvalue weighted by molar-refractivity contribution is -0.144. The van der Waals surface area contributed by atoms with Crippen molar-refractivity contribution in [2.75, 3.05) is 18.1 Å². The molecule has 4 unspecified atom stereocenters. The van der Waals surface area contributed by atoms with E-state index in [0.29, 0.717) is 17.2 Å². The smallest absolute Gasteiger partial charge is 0.324 e. The number of carboxylic acid groups (broad SMARTS) is 1. The van der Waals surface area contributed by atoms with Gasteiger partial charge >= 0.3 is 11.9 Å². The fourth-order valence-corrected chi connectivity index (χ4v) is 8.47. The zero-order chi connectivity index (χ0) is 40.3. The highest BCUT2D eigenvalue weighted by molar-refractivity contribution is 8.00. The zero-order valence-electron chi connectivity index (χ0n) is 33.9. The molecule has 5 atom stereocenters. The van der Waals surface area contributed by atoms with Gasteiger partial charge in [0.25, 0.3) is 10.1 Å². The van der Waals surface area contributed by atoms with Crippen molar-refractivity contribution < 1.29 is 41.9 Å². The maximum atomic E-state index is 13.7. The van der Waals surface area contributed by atoms with Crippen molar-refractivity contribution >= 4 is 39.7 Å². The Bertz CT molecular complexity index is 1510. The van der Waals surface area contributed by atoms with E-state index in [0.717, 1.165) is 71.7 Å². The molecule has 1 aromatic rings. The molecule has 2 rings (SSSR count). The van der Waals surface area contributed by atoms with Crippen LogP contribution in [0.2, 0.25) is 0 Å². The highest BCUT2D eigenvalue weighted by Gasteiger charge is 2.39. The highest BCUT2D eigenvalue weighted by atomic mass is 32.2. The molecule has 0 aliphatic carbocycles. The Morgan fingerprint density at radius 1 is 0.962 bits per heavy atom. The number of hydrogen-bond donors (Lipinski definition) is 4. The normalized spacial score (nSPS) is 18.4. The second-order valence-corrected chi connectivity index (χ2v) is 19.9. The first kappa shape index (κ1) is 46.8. The van der Waals surface area contributed by atoms with E-state index in [1.54, 1.807) is 13.8 Å². The average molecular weight is 785 g/mol. The average Bonchev–Trinajstić information content (AvgIpc) is 3.04. The summed E-state index contributed by atoms with van der Waals surface area (Å²) in [5, 5.41) is 11.8. The SMILES string of the molecule is Cc1c(C)c2c(c(C)c1OC(=O)C(CSC(C)(C)[C@H](N)C(=O)O)C(=O)NCCS(=O)(=O)O)CCC(C)(CCCC(C)CCCC(C)CCCC(C)C)O2. The van der Waals surface area contributed by atoms with Crippen LogP contribution in [0.25, 0.3) is 0 Å². The minimum atomic E-state index is -4.35. The van der Waals surface area contributed by atoms with Gasteiger partial charge in [0, 0.05) is 22.6 Å². The number of benzene rings is 1. The van der Waals surface area contributed by atoms with Gasteiger partial charge in [-0.1, -0.05) is 72.6 Å². The van der Waals surface area contributed by atoms with Crippen molar-refractivity contribution in [2.45, 2.75) is 156 Å². The van der Waals surface area contributed by atoms with E-state index in [2.05, 4.69) is 39.9 Å². The predicted molar refractivity (Wildman–Crippen MR) is 213 cm³/mol. The Morgan fingerprint density at radius 3 is 2.08 bits per heavy atom. The third kappa shape index (κ3) is 15.0. The van der Waals surface area contributed by atoms with E-state index in [9.17, 15) is 27.9 Å². The molecule has 304 valence electrons. The van der Waals surface area contributed by atoms with Crippen molar-refractivity contribution in [1.29, 1.82) is 0 Å². The van der Waals surface area contributed by atoms with Crippen molar-refractivity contribution in [3.63, 3.8) is 0 Å². The summed E-state index contributed by atoms with van der Waals surface area (Å²) in [5.74, 6) is -1.84. The summed E-state index contributed by atoms with van der Waals surface area (Å²) >= 11 is 1.02. The molecule has 1 aliphatic heterocycles. The quantitative estimate of drug-likeness (QED) is 0.0372. The maximum Gasteiger partial charge on any atom is 0.324 e. The molecule has 0 saturated carbocycles. The minimum Gasteiger partial charge on any atom is -0.487 e. The number of esters is 1.